The Hall–Kier alpha value is -1.64. The van der Waals surface area contributed by atoms with Gasteiger partial charge in [0.2, 0.25) is 6.29 Å². The van der Waals surface area contributed by atoms with Crippen molar-refractivity contribution in [1.29, 1.82) is 0 Å². The predicted octanol–water partition coefficient (Wildman–Crippen LogP) is 1.07. The van der Waals surface area contributed by atoms with Crippen molar-refractivity contribution >= 4 is 12.3 Å². The highest BCUT2D eigenvalue weighted by atomic mass is 16.5. The van der Waals surface area contributed by atoms with Crippen LogP contribution in [-0.4, -0.2) is 12.3 Å². The average molecular weight is 163 g/mol. The fourth-order valence-electron chi connectivity index (χ4n) is 0.795. The summed E-state index contributed by atoms with van der Waals surface area (Å²) < 4.78 is 4.73. The number of benzene rings is 1. The van der Waals surface area contributed by atoms with Gasteiger partial charge in [0, 0.05) is 6.92 Å². The molecule has 0 spiro atoms. The van der Waals surface area contributed by atoms with Crippen LogP contribution in [0, 0.1) is 0 Å². The Bertz CT molecular complexity index is 304. The molecular formula is C9H7O3. The molecule has 1 radical (unpaired) electrons. The zero-order chi connectivity index (χ0) is 8.97. The number of hydrogen-bond donors (Lipinski definition) is 0. The Labute approximate surface area is 70.0 Å². The third kappa shape index (κ3) is 1.92. The molecule has 3 nitrogen and oxygen atoms in total. The summed E-state index contributed by atoms with van der Waals surface area (Å²) in [4.78, 5) is 20.8. The number of esters is 1. The van der Waals surface area contributed by atoms with Crippen molar-refractivity contribution in [3.63, 3.8) is 0 Å². The van der Waals surface area contributed by atoms with Crippen molar-refractivity contribution in [1.82, 2.24) is 0 Å². The Morgan fingerprint density at radius 1 is 1.42 bits per heavy atom. The van der Waals surface area contributed by atoms with Gasteiger partial charge in [-0.2, -0.15) is 0 Å². The van der Waals surface area contributed by atoms with Crippen LogP contribution >= 0.6 is 0 Å². The van der Waals surface area contributed by atoms with Crippen LogP contribution in [0.4, 0.5) is 0 Å². The lowest BCUT2D eigenvalue weighted by Gasteiger charge is -2.01. The summed E-state index contributed by atoms with van der Waals surface area (Å²) in [7, 11) is 0. The molecule has 1 aromatic rings. The molecule has 0 amide bonds. The summed E-state index contributed by atoms with van der Waals surface area (Å²) in [5.41, 5.74) is 0.257. The van der Waals surface area contributed by atoms with E-state index in [9.17, 15) is 9.59 Å². The molecule has 0 fully saturated rings. The van der Waals surface area contributed by atoms with Crippen LogP contribution in [0.3, 0.4) is 0 Å². The van der Waals surface area contributed by atoms with Crippen LogP contribution in [0.1, 0.15) is 12.5 Å². The van der Waals surface area contributed by atoms with E-state index in [4.69, 9.17) is 4.74 Å². The molecule has 61 valence electrons. The van der Waals surface area contributed by atoms with Crippen LogP contribution in [0.2, 0.25) is 0 Å². The van der Waals surface area contributed by atoms with Gasteiger partial charge in [0.05, 0.1) is 5.56 Å². The second kappa shape index (κ2) is 3.67. The van der Waals surface area contributed by atoms with E-state index in [0.717, 1.165) is 0 Å². The SMILES string of the molecule is CC(=O)Oc1ccccc1[C]=O. The van der Waals surface area contributed by atoms with Gasteiger partial charge in [-0.3, -0.25) is 9.59 Å². The number of ether oxygens (including phenoxy) is 1. The summed E-state index contributed by atoms with van der Waals surface area (Å²) in [5, 5.41) is 0. The van der Waals surface area contributed by atoms with Gasteiger partial charge in [0.1, 0.15) is 5.75 Å². The quantitative estimate of drug-likeness (QED) is 0.483. The van der Waals surface area contributed by atoms with E-state index in [-0.39, 0.29) is 11.3 Å². The lowest BCUT2D eigenvalue weighted by atomic mass is 10.2. The summed E-state index contributed by atoms with van der Waals surface area (Å²) in [6.45, 7) is 1.28. The zero-order valence-electron chi connectivity index (χ0n) is 6.53. The topological polar surface area (TPSA) is 43.4 Å². The predicted molar refractivity (Wildman–Crippen MR) is 42.5 cm³/mol. The molecular weight excluding hydrogens is 156 g/mol. The van der Waals surface area contributed by atoms with Crippen LogP contribution < -0.4 is 4.74 Å². The molecule has 0 aliphatic heterocycles. The van der Waals surface area contributed by atoms with Gasteiger partial charge in [-0.1, -0.05) is 12.1 Å². The maximum Gasteiger partial charge on any atom is 0.308 e. The lowest BCUT2D eigenvalue weighted by Crippen LogP contribution is -2.03. The maximum absolute atomic E-state index is 10.5. The summed E-state index contributed by atoms with van der Waals surface area (Å²) in [6, 6.07) is 6.43. The first-order valence-electron chi connectivity index (χ1n) is 3.39. The van der Waals surface area contributed by atoms with E-state index < -0.39 is 5.97 Å². The van der Waals surface area contributed by atoms with Gasteiger partial charge >= 0.3 is 5.97 Å². The molecule has 1 rings (SSSR count). The van der Waals surface area contributed by atoms with Gasteiger partial charge < -0.3 is 4.74 Å². The molecule has 0 heterocycles. The largest absolute Gasteiger partial charge is 0.426 e. The first-order valence-corrected chi connectivity index (χ1v) is 3.39. The third-order valence-electron chi connectivity index (χ3n) is 1.25. The normalized spacial score (nSPS) is 9.08. The lowest BCUT2D eigenvalue weighted by molar-refractivity contribution is -0.131. The third-order valence-corrected chi connectivity index (χ3v) is 1.25. The van der Waals surface area contributed by atoms with Crippen LogP contribution in [0.15, 0.2) is 24.3 Å². The molecule has 0 atom stereocenters. The molecule has 0 unspecified atom stereocenters. The minimum absolute atomic E-state index is 0.250. The smallest absolute Gasteiger partial charge is 0.308 e. The second-order valence-electron chi connectivity index (χ2n) is 2.19. The maximum atomic E-state index is 10.5. The van der Waals surface area contributed by atoms with E-state index in [1.54, 1.807) is 24.5 Å². The highest BCUT2D eigenvalue weighted by Gasteiger charge is 2.03. The summed E-state index contributed by atoms with van der Waals surface area (Å²) >= 11 is 0. The van der Waals surface area contributed by atoms with Crippen molar-refractivity contribution in [2.75, 3.05) is 0 Å². The Morgan fingerprint density at radius 2 is 2.08 bits per heavy atom. The van der Waals surface area contributed by atoms with Crippen molar-refractivity contribution < 1.29 is 14.3 Å². The zero-order valence-corrected chi connectivity index (χ0v) is 6.53. The molecule has 0 aliphatic rings. The average Bonchev–Trinajstić information content (AvgIpc) is 2.04. The van der Waals surface area contributed by atoms with Gasteiger partial charge in [-0.25, -0.2) is 0 Å². The highest BCUT2D eigenvalue weighted by molar-refractivity contribution is 5.82. The van der Waals surface area contributed by atoms with Crippen LogP contribution in [0.5, 0.6) is 5.75 Å². The van der Waals surface area contributed by atoms with Crippen molar-refractivity contribution in [3.05, 3.63) is 29.8 Å². The van der Waals surface area contributed by atoms with Crippen molar-refractivity contribution in [2.45, 2.75) is 6.92 Å². The number of para-hydroxylation sites is 1. The first kappa shape index (κ1) is 8.46. The van der Waals surface area contributed by atoms with Crippen molar-refractivity contribution in [3.8, 4) is 5.75 Å². The molecule has 0 N–H and O–H groups in total. The molecule has 3 heteroatoms. The van der Waals surface area contributed by atoms with E-state index >= 15 is 0 Å². The Morgan fingerprint density at radius 3 is 2.67 bits per heavy atom. The standard InChI is InChI=1S/C9H7O3/c1-7(11)12-9-5-3-2-4-8(9)6-10/h2-5H,1H3. The van der Waals surface area contributed by atoms with E-state index in [0.29, 0.717) is 0 Å². The molecule has 0 aliphatic carbocycles. The fraction of sp³-hybridized carbons (Fsp3) is 0.111. The van der Waals surface area contributed by atoms with E-state index in [1.807, 2.05) is 0 Å². The summed E-state index contributed by atoms with van der Waals surface area (Å²) in [5.74, 6) is -0.197. The minimum Gasteiger partial charge on any atom is -0.426 e. The van der Waals surface area contributed by atoms with Gasteiger partial charge in [0.25, 0.3) is 0 Å². The summed E-state index contributed by atoms with van der Waals surface area (Å²) in [6.07, 6.45) is 1.67. The molecule has 0 bridgehead atoms. The number of rotatable bonds is 2. The molecule has 0 aromatic heterocycles. The van der Waals surface area contributed by atoms with E-state index in [1.165, 1.54) is 13.0 Å². The molecule has 0 saturated heterocycles. The highest BCUT2D eigenvalue weighted by Crippen LogP contribution is 2.15. The number of hydrogen-bond acceptors (Lipinski definition) is 3. The van der Waals surface area contributed by atoms with Gasteiger partial charge in [0.15, 0.2) is 0 Å². The van der Waals surface area contributed by atoms with Crippen LogP contribution in [-0.2, 0) is 9.59 Å². The Kier molecular flexibility index (Phi) is 2.58. The van der Waals surface area contributed by atoms with Crippen molar-refractivity contribution in [2.24, 2.45) is 0 Å². The molecule has 0 saturated carbocycles. The number of carbonyl (C=O) groups excluding carboxylic acids is 2. The fourth-order valence-corrected chi connectivity index (χ4v) is 0.795. The minimum atomic E-state index is -0.447. The van der Waals surface area contributed by atoms with Crippen LogP contribution in [0.25, 0.3) is 0 Å². The molecule has 12 heavy (non-hydrogen) atoms. The first-order chi connectivity index (χ1) is 5.74. The molecule has 1 aromatic carbocycles. The van der Waals surface area contributed by atoms with Gasteiger partial charge in [-0.15, -0.1) is 0 Å². The monoisotopic (exact) mass is 163 g/mol. The number of carbonyl (C=O) groups is 1. The second-order valence-corrected chi connectivity index (χ2v) is 2.19. The Balaban J connectivity index is 2.96. The van der Waals surface area contributed by atoms with Gasteiger partial charge in [-0.05, 0) is 12.1 Å². The van der Waals surface area contributed by atoms with E-state index in [2.05, 4.69) is 0 Å².